The first-order valence-electron chi connectivity index (χ1n) is 12.9. The normalized spacial score (nSPS) is 18.9. The Morgan fingerprint density at radius 3 is 1.26 bits per heavy atom. The lowest BCUT2D eigenvalue weighted by Crippen LogP contribution is -2.50. The fourth-order valence-electron chi connectivity index (χ4n) is 5.27. The second-order valence-electron chi connectivity index (χ2n) is 9.68. The number of carbonyl (C=O) groups is 2. The van der Waals surface area contributed by atoms with Crippen LogP contribution < -0.4 is 21.3 Å². The molecular formula is C28H38N4O2. The Kier molecular flexibility index (Phi) is 8.83. The van der Waals surface area contributed by atoms with Crippen molar-refractivity contribution >= 4 is 12.1 Å². The van der Waals surface area contributed by atoms with Crippen molar-refractivity contribution in [2.24, 2.45) is 0 Å². The molecule has 4 rings (SSSR count). The molecule has 182 valence electrons. The Hall–Kier alpha value is -3.02. The molecule has 0 aliphatic heterocycles. The van der Waals surface area contributed by atoms with Gasteiger partial charge in [0.1, 0.15) is 0 Å². The van der Waals surface area contributed by atoms with Gasteiger partial charge in [-0.05, 0) is 36.8 Å². The minimum atomic E-state index is -0.413. The summed E-state index contributed by atoms with van der Waals surface area (Å²) in [6.07, 6.45) is 11.2. The Bertz CT molecular complexity index is 818. The second kappa shape index (κ2) is 12.4. The molecule has 2 aliphatic rings. The van der Waals surface area contributed by atoms with Crippen molar-refractivity contribution in [3.05, 3.63) is 71.8 Å². The van der Waals surface area contributed by atoms with Crippen molar-refractivity contribution in [2.75, 3.05) is 0 Å². The van der Waals surface area contributed by atoms with E-state index in [0.717, 1.165) is 62.5 Å². The monoisotopic (exact) mass is 462 g/mol. The molecule has 0 saturated heterocycles. The highest BCUT2D eigenvalue weighted by Crippen LogP contribution is 2.29. The fraction of sp³-hybridized carbons (Fsp3) is 0.500. The molecule has 6 heteroatoms. The maximum absolute atomic E-state index is 13.1. The summed E-state index contributed by atoms with van der Waals surface area (Å²) in [5.74, 6) is 0. The largest absolute Gasteiger partial charge is 0.335 e. The zero-order valence-corrected chi connectivity index (χ0v) is 20.0. The van der Waals surface area contributed by atoms with Crippen LogP contribution in [-0.4, -0.2) is 24.1 Å². The van der Waals surface area contributed by atoms with Gasteiger partial charge in [0.2, 0.25) is 0 Å². The molecule has 2 aromatic carbocycles. The zero-order valence-electron chi connectivity index (χ0n) is 20.0. The lowest BCUT2D eigenvalue weighted by molar-refractivity contribution is 0.216. The van der Waals surface area contributed by atoms with E-state index in [9.17, 15) is 9.59 Å². The highest BCUT2D eigenvalue weighted by atomic mass is 16.2. The Labute approximate surface area is 203 Å². The maximum atomic E-state index is 13.1. The molecule has 2 atom stereocenters. The van der Waals surface area contributed by atoms with Gasteiger partial charge in [0.15, 0.2) is 0 Å². The topological polar surface area (TPSA) is 82.3 Å². The third kappa shape index (κ3) is 6.99. The molecular weight excluding hydrogens is 424 g/mol. The molecule has 0 bridgehead atoms. The predicted octanol–water partition coefficient (Wildman–Crippen LogP) is 5.73. The lowest BCUT2D eigenvalue weighted by atomic mass is 9.93. The van der Waals surface area contributed by atoms with Gasteiger partial charge in [0.05, 0.1) is 12.1 Å². The zero-order chi connectivity index (χ0) is 23.6. The Morgan fingerprint density at radius 1 is 0.559 bits per heavy atom. The molecule has 6 nitrogen and oxygen atoms in total. The van der Waals surface area contributed by atoms with Crippen LogP contribution in [-0.2, 0) is 0 Å². The summed E-state index contributed by atoms with van der Waals surface area (Å²) in [7, 11) is 0. The van der Waals surface area contributed by atoms with Crippen LogP contribution in [0.25, 0.3) is 0 Å². The minimum Gasteiger partial charge on any atom is -0.335 e. The van der Waals surface area contributed by atoms with Gasteiger partial charge in [-0.25, -0.2) is 9.59 Å². The molecule has 0 aromatic heterocycles. The summed E-state index contributed by atoms with van der Waals surface area (Å²) in [5.41, 5.74) is 1.90. The number of hydrogen-bond donors (Lipinski definition) is 4. The van der Waals surface area contributed by atoms with Gasteiger partial charge < -0.3 is 21.3 Å². The van der Waals surface area contributed by atoms with Crippen molar-refractivity contribution in [2.45, 2.75) is 88.4 Å². The van der Waals surface area contributed by atoms with E-state index in [4.69, 9.17) is 0 Å². The molecule has 2 fully saturated rings. The first kappa shape index (κ1) is 24.1. The Balaban J connectivity index is 1.54. The molecule has 4 N–H and O–H groups in total. The Morgan fingerprint density at radius 2 is 0.912 bits per heavy atom. The molecule has 2 saturated carbocycles. The van der Waals surface area contributed by atoms with Gasteiger partial charge in [-0.2, -0.15) is 0 Å². The smallest absolute Gasteiger partial charge is 0.315 e. The first-order chi connectivity index (χ1) is 16.7. The van der Waals surface area contributed by atoms with E-state index in [2.05, 4.69) is 21.3 Å². The van der Waals surface area contributed by atoms with Crippen LogP contribution in [0.1, 0.15) is 87.4 Å². The van der Waals surface area contributed by atoms with E-state index in [1.165, 1.54) is 12.8 Å². The summed E-state index contributed by atoms with van der Waals surface area (Å²) in [6, 6.07) is 19.0. The van der Waals surface area contributed by atoms with Crippen molar-refractivity contribution in [3.8, 4) is 0 Å². The number of benzene rings is 2. The number of nitrogens with one attached hydrogen (secondary N) is 4. The first-order valence-corrected chi connectivity index (χ1v) is 12.9. The molecule has 0 unspecified atom stereocenters. The van der Waals surface area contributed by atoms with Crippen LogP contribution >= 0.6 is 0 Å². The molecule has 2 aromatic rings. The SMILES string of the molecule is O=C(NC1CCCCC1)N[C@@H](c1ccccc1)[C@@H](NC(=O)NC1CCCCC1)c1ccccc1. The third-order valence-corrected chi connectivity index (χ3v) is 7.10. The predicted molar refractivity (Wildman–Crippen MR) is 135 cm³/mol. The fourth-order valence-corrected chi connectivity index (χ4v) is 5.27. The van der Waals surface area contributed by atoms with Crippen LogP contribution in [0.3, 0.4) is 0 Å². The highest BCUT2D eigenvalue weighted by molar-refractivity contribution is 5.77. The number of rotatable bonds is 7. The van der Waals surface area contributed by atoms with Crippen molar-refractivity contribution < 1.29 is 9.59 Å². The van der Waals surface area contributed by atoms with Gasteiger partial charge >= 0.3 is 12.1 Å². The van der Waals surface area contributed by atoms with E-state index >= 15 is 0 Å². The number of amides is 4. The van der Waals surface area contributed by atoms with Gasteiger partial charge in [0.25, 0.3) is 0 Å². The maximum Gasteiger partial charge on any atom is 0.315 e. The quantitative estimate of drug-likeness (QED) is 0.424. The standard InChI is InChI=1S/C28H38N4O2/c33-27(29-23-17-9-3-10-18-23)31-25(21-13-5-1-6-14-21)26(22-15-7-2-8-16-22)32-28(34)30-24-19-11-4-12-20-24/h1-2,5-8,13-16,23-26H,3-4,9-12,17-20H2,(H2,29,31,33)(H2,30,32,34)/t25-,26-/m0/s1. The molecule has 4 amide bonds. The third-order valence-electron chi connectivity index (χ3n) is 7.10. The summed E-state index contributed by atoms with van der Waals surface area (Å²) in [6.45, 7) is 0. The highest BCUT2D eigenvalue weighted by Gasteiger charge is 2.29. The minimum absolute atomic E-state index is 0.184. The summed E-state index contributed by atoms with van der Waals surface area (Å²) >= 11 is 0. The molecule has 0 spiro atoms. The van der Waals surface area contributed by atoms with E-state index in [1.807, 2.05) is 60.7 Å². The van der Waals surface area contributed by atoms with Crippen molar-refractivity contribution in [3.63, 3.8) is 0 Å². The van der Waals surface area contributed by atoms with Crippen molar-refractivity contribution in [1.82, 2.24) is 21.3 Å². The number of hydrogen-bond acceptors (Lipinski definition) is 2. The molecule has 0 heterocycles. The van der Waals surface area contributed by atoms with Gasteiger partial charge in [-0.15, -0.1) is 0 Å². The average molecular weight is 463 g/mol. The molecule has 2 aliphatic carbocycles. The number of urea groups is 2. The van der Waals surface area contributed by atoms with Crippen LogP contribution in [0.15, 0.2) is 60.7 Å². The molecule has 34 heavy (non-hydrogen) atoms. The van der Waals surface area contributed by atoms with Gasteiger partial charge in [-0.3, -0.25) is 0 Å². The van der Waals surface area contributed by atoms with E-state index in [0.29, 0.717) is 0 Å². The average Bonchev–Trinajstić information content (AvgIpc) is 2.88. The van der Waals surface area contributed by atoms with Gasteiger partial charge in [-0.1, -0.05) is 99.2 Å². The molecule has 0 radical (unpaired) electrons. The summed E-state index contributed by atoms with van der Waals surface area (Å²) in [4.78, 5) is 26.2. The van der Waals surface area contributed by atoms with Crippen molar-refractivity contribution in [1.29, 1.82) is 0 Å². The van der Waals surface area contributed by atoms with Gasteiger partial charge in [0, 0.05) is 12.1 Å². The summed E-state index contributed by atoms with van der Waals surface area (Å²) < 4.78 is 0. The second-order valence-corrected chi connectivity index (χ2v) is 9.68. The van der Waals surface area contributed by atoms with E-state index in [1.54, 1.807) is 0 Å². The van der Waals surface area contributed by atoms with E-state index in [-0.39, 0.29) is 24.1 Å². The summed E-state index contributed by atoms with van der Waals surface area (Å²) in [5, 5.41) is 12.7. The van der Waals surface area contributed by atoms with Crippen LogP contribution in [0, 0.1) is 0 Å². The van der Waals surface area contributed by atoms with E-state index < -0.39 is 12.1 Å². The number of carbonyl (C=O) groups excluding carboxylic acids is 2. The van der Waals surface area contributed by atoms with Crippen LogP contribution in [0.4, 0.5) is 9.59 Å². The van der Waals surface area contributed by atoms with Crippen LogP contribution in [0.2, 0.25) is 0 Å². The van der Waals surface area contributed by atoms with Crippen LogP contribution in [0.5, 0.6) is 0 Å². The lowest BCUT2D eigenvalue weighted by Gasteiger charge is -2.32.